The molecule has 42 heavy (non-hydrogen) atoms. The minimum absolute atomic E-state index is 0.0227. The summed E-state index contributed by atoms with van der Waals surface area (Å²) < 4.78 is 7.23. The summed E-state index contributed by atoms with van der Waals surface area (Å²) in [6.07, 6.45) is 8.19. The molecule has 3 aromatic heterocycles. The lowest BCUT2D eigenvalue weighted by Crippen LogP contribution is -2.60. The van der Waals surface area contributed by atoms with Crippen LogP contribution < -0.4 is 15.8 Å². The average Bonchev–Trinajstić information content (AvgIpc) is 3.58. The van der Waals surface area contributed by atoms with Crippen LogP contribution in [-0.2, 0) is 4.74 Å². The molecule has 11 heteroatoms. The quantitative estimate of drug-likeness (QED) is 0.420. The molecule has 0 unspecified atom stereocenters. The minimum atomic E-state index is -0.491. The van der Waals surface area contributed by atoms with Gasteiger partial charge < -0.3 is 19.9 Å². The number of hydrogen-bond donors (Lipinski definition) is 1. The summed E-state index contributed by atoms with van der Waals surface area (Å²) in [5.41, 5.74) is 1.75. The lowest BCUT2D eigenvalue weighted by molar-refractivity contribution is -0.0266. The van der Waals surface area contributed by atoms with E-state index in [9.17, 15) is 14.4 Å². The smallest absolute Gasteiger partial charge is 0.410 e. The maximum Gasteiger partial charge on any atom is 0.410 e. The topological polar surface area (TPSA) is 123 Å². The van der Waals surface area contributed by atoms with E-state index in [-0.39, 0.29) is 34.5 Å². The molecule has 2 saturated heterocycles. The summed E-state index contributed by atoms with van der Waals surface area (Å²) in [6, 6.07) is 3.95. The number of anilines is 3. The van der Waals surface area contributed by atoms with E-state index < -0.39 is 5.60 Å². The minimum Gasteiger partial charge on any atom is -0.444 e. The molecule has 2 aliphatic heterocycles. The lowest BCUT2D eigenvalue weighted by atomic mass is 9.79. The van der Waals surface area contributed by atoms with E-state index >= 15 is 0 Å². The first-order chi connectivity index (χ1) is 19.9. The molecule has 1 amide bonds. The number of aryl methyl sites for hydroxylation is 1. The van der Waals surface area contributed by atoms with Gasteiger partial charge in [0.15, 0.2) is 5.78 Å². The number of amides is 1. The van der Waals surface area contributed by atoms with Crippen molar-refractivity contribution >= 4 is 40.4 Å². The van der Waals surface area contributed by atoms with Gasteiger partial charge in [-0.2, -0.15) is 4.98 Å². The molecule has 0 aromatic carbocycles. The van der Waals surface area contributed by atoms with Crippen LogP contribution in [-0.4, -0.2) is 68.1 Å². The SMILES string of the molecule is CC(=O)c1c(C)c2cnc(Nc3ccc(N4CCC5(CN(C(=O)OC(C)(C)C)C5)C4)cn3)nc2n(C2CCCC2)c1=O. The van der Waals surface area contributed by atoms with Gasteiger partial charge in [0.1, 0.15) is 17.1 Å². The van der Waals surface area contributed by atoms with Crippen LogP contribution in [0.2, 0.25) is 0 Å². The summed E-state index contributed by atoms with van der Waals surface area (Å²) in [5, 5.41) is 3.90. The van der Waals surface area contributed by atoms with Crippen molar-refractivity contribution in [3.63, 3.8) is 0 Å². The Kier molecular flexibility index (Phi) is 6.93. The van der Waals surface area contributed by atoms with Crippen LogP contribution >= 0.6 is 0 Å². The fourth-order valence-electron chi connectivity index (χ4n) is 6.70. The number of ketones is 1. The molecule has 0 atom stereocenters. The molecule has 5 heterocycles. The number of Topliss-reactive ketones (excluding diaryl/α,β-unsaturated/α-hetero) is 1. The van der Waals surface area contributed by atoms with Gasteiger partial charge in [0.25, 0.3) is 5.56 Å². The second kappa shape index (κ2) is 10.4. The first-order valence-corrected chi connectivity index (χ1v) is 14.8. The predicted molar refractivity (Wildman–Crippen MR) is 161 cm³/mol. The van der Waals surface area contributed by atoms with Gasteiger partial charge in [0, 0.05) is 49.2 Å². The second-order valence-corrected chi connectivity index (χ2v) is 13.1. The molecule has 11 nitrogen and oxygen atoms in total. The van der Waals surface area contributed by atoms with Crippen molar-refractivity contribution in [2.24, 2.45) is 5.41 Å². The highest BCUT2D eigenvalue weighted by atomic mass is 16.6. The van der Waals surface area contributed by atoms with Crippen LogP contribution in [0.5, 0.6) is 0 Å². The third kappa shape index (κ3) is 5.20. The number of pyridine rings is 2. The van der Waals surface area contributed by atoms with Gasteiger partial charge in [0.05, 0.1) is 17.4 Å². The molecule has 3 fully saturated rings. The van der Waals surface area contributed by atoms with Gasteiger partial charge in [0.2, 0.25) is 5.95 Å². The second-order valence-electron chi connectivity index (χ2n) is 13.1. The summed E-state index contributed by atoms with van der Waals surface area (Å²) in [5.74, 6) is 0.707. The van der Waals surface area contributed by atoms with Crippen LogP contribution in [0, 0.1) is 12.3 Å². The predicted octanol–water partition coefficient (Wildman–Crippen LogP) is 5.00. The average molecular weight is 574 g/mol. The van der Waals surface area contributed by atoms with Crippen LogP contribution in [0.3, 0.4) is 0 Å². The van der Waals surface area contributed by atoms with Crippen molar-refractivity contribution in [3.05, 3.63) is 46.0 Å². The zero-order valence-electron chi connectivity index (χ0n) is 25.1. The third-order valence-electron chi connectivity index (χ3n) is 8.75. The summed E-state index contributed by atoms with van der Waals surface area (Å²) >= 11 is 0. The molecule has 1 N–H and O–H groups in total. The Balaban J connectivity index is 1.17. The first-order valence-electron chi connectivity index (χ1n) is 14.8. The molecule has 0 bridgehead atoms. The first kappa shape index (κ1) is 28.1. The highest BCUT2D eigenvalue weighted by Gasteiger charge is 2.50. The maximum atomic E-state index is 13.5. The lowest BCUT2D eigenvalue weighted by Gasteiger charge is -2.47. The normalized spacial score (nSPS) is 18.5. The fourth-order valence-corrected chi connectivity index (χ4v) is 6.70. The Morgan fingerprint density at radius 1 is 1.07 bits per heavy atom. The van der Waals surface area contributed by atoms with E-state index in [4.69, 9.17) is 9.72 Å². The molecule has 0 radical (unpaired) electrons. The Morgan fingerprint density at radius 2 is 1.81 bits per heavy atom. The zero-order chi connectivity index (χ0) is 29.8. The van der Waals surface area contributed by atoms with E-state index in [2.05, 4.69) is 20.2 Å². The van der Waals surface area contributed by atoms with Gasteiger partial charge in [-0.3, -0.25) is 14.2 Å². The molecule has 1 aliphatic carbocycles. The number of likely N-dealkylation sites (tertiary alicyclic amines) is 1. The number of fused-ring (bicyclic) bond motifs is 1. The van der Waals surface area contributed by atoms with Crippen molar-refractivity contribution in [2.45, 2.75) is 78.4 Å². The van der Waals surface area contributed by atoms with Crippen molar-refractivity contribution in [2.75, 3.05) is 36.4 Å². The Hall–Kier alpha value is -4.02. The number of ether oxygens (including phenoxy) is 1. The Morgan fingerprint density at radius 3 is 2.45 bits per heavy atom. The third-order valence-corrected chi connectivity index (χ3v) is 8.75. The largest absolute Gasteiger partial charge is 0.444 e. The fraction of sp³-hybridized carbons (Fsp3) is 0.548. The standard InChI is InChI=1S/C31H39N7O4/c1-19-23-15-33-28(35-26(23)38(21-8-6-7-9-21)27(40)25(19)20(2)39)34-24-11-10-22(14-32-24)36-13-12-31(16-36)17-37(18-31)29(41)42-30(3,4)5/h10-11,14-15,21H,6-9,12-13,16-18H2,1-5H3,(H,32,33,34,35). The van der Waals surface area contributed by atoms with Crippen LogP contribution in [0.25, 0.3) is 11.0 Å². The van der Waals surface area contributed by atoms with Gasteiger partial charge in [-0.25, -0.2) is 14.8 Å². The van der Waals surface area contributed by atoms with Gasteiger partial charge in [-0.1, -0.05) is 12.8 Å². The number of carbonyl (C=O) groups is 2. The van der Waals surface area contributed by atoms with Crippen molar-refractivity contribution in [3.8, 4) is 0 Å². The molecule has 6 rings (SSSR count). The molecule has 1 saturated carbocycles. The number of rotatable bonds is 5. The summed E-state index contributed by atoms with van der Waals surface area (Å²) in [6.45, 7) is 12.1. The Labute approximate surface area is 245 Å². The van der Waals surface area contributed by atoms with E-state index in [1.54, 1.807) is 22.6 Å². The highest BCUT2D eigenvalue weighted by molar-refractivity contribution is 5.99. The molecule has 3 aliphatic rings. The number of hydrogen-bond acceptors (Lipinski definition) is 9. The van der Waals surface area contributed by atoms with E-state index in [0.717, 1.165) is 50.9 Å². The molecule has 3 aromatic rings. The number of aromatic nitrogens is 4. The zero-order valence-corrected chi connectivity index (χ0v) is 25.1. The van der Waals surface area contributed by atoms with Gasteiger partial charge in [-0.05, 0) is 71.6 Å². The van der Waals surface area contributed by atoms with Gasteiger partial charge in [-0.15, -0.1) is 0 Å². The number of carbonyl (C=O) groups excluding carboxylic acids is 2. The van der Waals surface area contributed by atoms with Crippen molar-refractivity contribution in [1.29, 1.82) is 0 Å². The highest BCUT2D eigenvalue weighted by Crippen LogP contribution is 2.41. The van der Waals surface area contributed by atoms with Crippen LogP contribution in [0.1, 0.15) is 81.8 Å². The van der Waals surface area contributed by atoms with Gasteiger partial charge >= 0.3 is 6.09 Å². The molecular weight excluding hydrogens is 534 g/mol. The molecule has 1 spiro atoms. The van der Waals surface area contributed by atoms with E-state index in [1.807, 2.05) is 39.1 Å². The monoisotopic (exact) mass is 573 g/mol. The van der Waals surface area contributed by atoms with Crippen LogP contribution in [0.4, 0.5) is 22.2 Å². The summed E-state index contributed by atoms with van der Waals surface area (Å²) in [4.78, 5) is 56.2. The van der Waals surface area contributed by atoms with E-state index in [1.165, 1.54) is 6.92 Å². The van der Waals surface area contributed by atoms with Crippen molar-refractivity contribution < 1.29 is 14.3 Å². The Bertz CT molecular complexity index is 1600. The number of nitrogens with one attached hydrogen (secondary N) is 1. The maximum absolute atomic E-state index is 13.5. The summed E-state index contributed by atoms with van der Waals surface area (Å²) in [7, 11) is 0. The van der Waals surface area contributed by atoms with E-state index in [0.29, 0.717) is 41.5 Å². The van der Waals surface area contributed by atoms with Crippen molar-refractivity contribution in [1.82, 2.24) is 24.4 Å². The molecule has 222 valence electrons. The van der Waals surface area contributed by atoms with Crippen LogP contribution in [0.15, 0.2) is 29.3 Å². The number of nitrogens with zero attached hydrogens (tertiary/aromatic N) is 6. The molecular formula is C31H39N7O4.